The Bertz CT molecular complexity index is 853. The zero-order valence-electron chi connectivity index (χ0n) is 12.2. The molecule has 7 heteroatoms. The summed E-state index contributed by atoms with van der Waals surface area (Å²) in [6, 6.07) is 9.86. The smallest absolute Gasteiger partial charge is 0.242 e. The van der Waals surface area contributed by atoms with Crippen molar-refractivity contribution in [3.8, 4) is 0 Å². The highest BCUT2D eigenvalue weighted by atomic mass is 35.5. The van der Waals surface area contributed by atoms with E-state index in [9.17, 15) is 8.42 Å². The van der Waals surface area contributed by atoms with Crippen molar-refractivity contribution in [1.29, 1.82) is 0 Å². The maximum absolute atomic E-state index is 12.7. The number of benzene rings is 2. The van der Waals surface area contributed by atoms with E-state index in [4.69, 9.17) is 28.9 Å². The molecular weight excluding hydrogens is 355 g/mol. The van der Waals surface area contributed by atoms with Gasteiger partial charge >= 0.3 is 0 Å². The number of aryl methyl sites for hydroxylation is 1. The van der Waals surface area contributed by atoms with Crippen molar-refractivity contribution >= 4 is 38.9 Å². The second-order valence-electron chi connectivity index (χ2n) is 5.58. The van der Waals surface area contributed by atoms with Gasteiger partial charge in [-0.2, -0.15) is 0 Å². The first-order chi connectivity index (χ1) is 10.9. The van der Waals surface area contributed by atoms with Crippen molar-refractivity contribution in [2.75, 3.05) is 5.73 Å². The molecule has 0 spiro atoms. The van der Waals surface area contributed by atoms with Gasteiger partial charge in [-0.15, -0.1) is 0 Å². The predicted molar refractivity (Wildman–Crippen MR) is 93.3 cm³/mol. The first kappa shape index (κ1) is 16.6. The second-order valence-corrected chi connectivity index (χ2v) is 8.04. The minimum absolute atomic E-state index is 0.00534. The number of hydrogen-bond donors (Lipinski definition) is 2. The molecule has 1 aliphatic rings. The van der Waals surface area contributed by atoms with Gasteiger partial charge in [-0.05, 0) is 54.7 Å². The van der Waals surface area contributed by atoms with Crippen LogP contribution in [0.25, 0.3) is 0 Å². The molecule has 0 fully saturated rings. The van der Waals surface area contributed by atoms with E-state index < -0.39 is 10.0 Å². The monoisotopic (exact) mass is 370 g/mol. The van der Waals surface area contributed by atoms with Crippen LogP contribution in [0.15, 0.2) is 41.3 Å². The van der Waals surface area contributed by atoms with E-state index in [2.05, 4.69) is 4.72 Å². The van der Waals surface area contributed by atoms with E-state index in [1.807, 2.05) is 12.1 Å². The number of nitrogens with two attached hydrogens (primary N) is 1. The first-order valence-electron chi connectivity index (χ1n) is 7.23. The molecule has 3 N–H and O–H groups in total. The third kappa shape index (κ3) is 3.33. The summed E-state index contributed by atoms with van der Waals surface area (Å²) >= 11 is 12.0. The number of halogens is 2. The second kappa shape index (κ2) is 6.32. The fourth-order valence-electron chi connectivity index (χ4n) is 2.90. The Balaban J connectivity index is 1.95. The van der Waals surface area contributed by atoms with Crippen LogP contribution >= 0.6 is 23.2 Å². The molecular formula is C16H16Cl2N2O2S. The number of hydrogen-bond acceptors (Lipinski definition) is 3. The van der Waals surface area contributed by atoms with Gasteiger partial charge in [0.25, 0.3) is 0 Å². The summed E-state index contributed by atoms with van der Waals surface area (Å²) in [6.45, 7) is 0. The van der Waals surface area contributed by atoms with E-state index in [1.54, 1.807) is 18.2 Å². The average Bonchev–Trinajstić information content (AvgIpc) is 2.49. The molecule has 122 valence electrons. The molecule has 23 heavy (non-hydrogen) atoms. The van der Waals surface area contributed by atoms with Gasteiger partial charge in [-0.1, -0.05) is 35.3 Å². The molecule has 0 saturated heterocycles. The summed E-state index contributed by atoms with van der Waals surface area (Å²) in [6.07, 6.45) is 2.53. The first-order valence-corrected chi connectivity index (χ1v) is 9.47. The Kier molecular flexibility index (Phi) is 4.56. The molecule has 3 rings (SSSR count). The third-order valence-electron chi connectivity index (χ3n) is 3.98. The van der Waals surface area contributed by atoms with Crippen molar-refractivity contribution in [2.45, 2.75) is 30.2 Å². The zero-order valence-corrected chi connectivity index (χ0v) is 14.5. The SMILES string of the molecule is Nc1ccc2c(c1)CCCC2NS(=O)(=O)c1cccc(Cl)c1Cl. The summed E-state index contributed by atoms with van der Waals surface area (Å²) in [4.78, 5) is -0.00534. The molecule has 0 aliphatic heterocycles. The Labute approximate surface area is 145 Å². The lowest BCUT2D eigenvalue weighted by molar-refractivity contribution is 0.507. The fraction of sp³-hybridized carbons (Fsp3) is 0.250. The molecule has 0 bridgehead atoms. The van der Waals surface area contributed by atoms with E-state index >= 15 is 0 Å². The number of sulfonamides is 1. The van der Waals surface area contributed by atoms with Crippen LogP contribution in [-0.4, -0.2) is 8.42 Å². The fourth-order valence-corrected chi connectivity index (χ4v) is 4.91. The molecule has 2 aromatic rings. The number of fused-ring (bicyclic) bond motifs is 1. The summed E-state index contributed by atoms with van der Waals surface area (Å²) in [5.74, 6) is 0. The largest absolute Gasteiger partial charge is 0.399 e. The zero-order chi connectivity index (χ0) is 16.6. The van der Waals surface area contributed by atoms with Crippen molar-refractivity contribution < 1.29 is 8.42 Å². The van der Waals surface area contributed by atoms with E-state index in [1.165, 1.54) is 6.07 Å². The van der Waals surface area contributed by atoms with Crippen LogP contribution in [0.4, 0.5) is 5.69 Å². The van der Waals surface area contributed by atoms with Crippen LogP contribution in [0.3, 0.4) is 0 Å². The minimum Gasteiger partial charge on any atom is -0.399 e. The highest BCUT2D eigenvalue weighted by Crippen LogP contribution is 2.34. The molecule has 0 amide bonds. The van der Waals surface area contributed by atoms with Crippen molar-refractivity contribution in [3.05, 3.63) is 57.6 Å². The van der Waals surface area contributed by atoms with E-state index in [0.717, 1.165) is 30.4 Å². The lowest BCUT2D eigenvalue weighted by Crippen LogP contribution is -2.31. The molecule has 0 radical (unpaired) electrons. The molecule has 1 aliphatic carbocycles. The summed E-state index contributed by atoms with van der Waals surface area (Å²) in [7, 11) is -3.76. The van der Waals surface area contributed by atoms with Gasteiger partial charge in [0, 0.05) is 11.7 Å². The van der Waals surface area contributed by atoms with Gasteiger partial charge in [0.1, 0.15) is 4.90 Å². The number of nitrogen functional groups attached to an aromatic ring is 1. The topological polar surface area (TPSA) is 72.2 Å². The molecule has 0 heterocycles. The standard InChI is InChI=1S/C16H16Cl2N2O2S/c17-13-4-2-6-15(16(13)18)23(21,22)20-14-5-1-3-10-9-11(19)7-8-12(10)14/h2,4,6-9,14,20H,1,3,5,19H2. The minimum atomic E-state index is -3.76. The van der Waals surface area contributed by atoms with Crippen LogP contribution in [0.5, 0.6) is 0 Å². The maximum Gasteiger partial charge on any atom is 0.242 e. The van der Waals surface area contributed by atoms with Crippen molar-refractivity contribution in [2.24, 2.45) is 0 Å². The van der Waals surface area contributed by atoms with Crippen molar-refractivity contribution in [3.63, 3.8) is 0 Å². The van der Waals surface area contributed by atoms with Gasteiger partial charge in [0.15, 0.2) is 0 Å². The number of anilines is 1. The van der Waals surface area contributed by atoms with Crippen LogP contribution in [-0.2, 0) is 16.4 Å². The Morgan fingerprint density at radius 1 is 1.17 bits per heavy atom. The van der Waals surface area contributed by atoms with Gasteiger partial charge < -0.3 is 5.73 Å². The molecule has 2 aromatic carbocycles. The summed E-state index contributed by atoms with van der Waals surface area (Å²) in [5.41, 5.74) is 8.55. The highest BCUT2D eigenvalue weighted by Gasteiger charge is 2.27. The van der Waals surface area contributed by atoms with Crippen LogP contribution in [0, 0.1) is 0 Å². The Morgan fingerprint density at radius 2 is 1.96 bits per heavy atom. The average molecular weight is 371 g/mol. The quantitative estimate of drug-likeness (QED) is 0.803. The van der Waals surface area contributed by atoms with Gasteiger partial charge in [0.2, 0.25) is 10.0 Å². The predicted octanol–water partition coefficient (Wildman–Crippen LogP) is 3.93. The van der Waals surface area contributed by atoms with Gasteiger partial charge in [0.05, 0.1) is 10.0 Å². The highest BCUT2D eigenvalue weighted by molar-refractivity contribution is 7.89. The van der Waals surface area contributed by atoms with E-state index in [0.29, 0.717) is 5.69 Å². The van der Waals surface area contributed by atoms with Crippen LogP contribution < -0.4 is 10.5 Å². The normalized spacial score (nSPS) is 17.7. The van der Waals surface area contributed by atoms with Gasteiger partial charge in [-0.25, -0.2) is 13.1 Å². The number of rotatable bonds is 3. The lowest BCUT2D eigenvalue weighted by Gasteiger charge is -2.26. The molecule has 0 aromatic heterocycles. The lowest BCUT2D eigenvalue weighted by atomic mass is 9.88. The number of nitrogens with one attached hydrogen (secondary N) is 1. The van der Waals surface area contributed by atoms with Crippen LogP contribution in [0.2, 0.25) is 10.0 Å². The Hall–Kier alpha value is -1.27. The summed E-state index contributed by atoms with van der Waals surface area (Å²) in [5, 5.41) is 0.251. The molecule has 1 unspecified atom stereocenters. The van der Waals surface area contributed by atoms with Crippen LogP contribution in [0.1, 0.15) is 30.0 Å². The third-order valence-corrected chi connectivity index (χ3v) is 6.43. The maximum atomic E-state index is 12.7. The molecule has 0 saturated carbocycles. The summed E-state index contributed by atoms with van der Waals surface area (Å²) < 4.78 is 28.1. The van der Waals surface area contributed by atoms with E-state index in [-0.39, 0.29) is 21.0 Å². The Morgan fingerprint density at radius 3 is 2.74 bits per heavy atom. The molecule has 1 atom stereocenters. The van der Waals surface area contributed by atoms with Gasteiger partial charge in [-0.3, -0.25) is 0 Å². The van der Waals surface area contributed by atoms with Crippen molar-refractivity contribution in [1.82, 2.24) is 4.72 Å². The molecule has 4 nitrogen and oxygen atoms in total.